The van der Waals surface area contributed by atoms with Crippen LogP contribution in [0.1, 0.15) is 31.2 Å². The van der Waals surface area contributed by atoms with Crippen LogP contribution in [0.25, 0.3) is 0 Å². The molecule has 0 spiro atoms. The minimum Gasteiger partial charge on any atom is -0.391 e. The summed E-state index contributed by atoms with van der Waals surface area (Å²) in [5.74, 6) is -0.259. The molecule has 2 unspecified atom stereocenters. The molecule has 2 atom stereocenters. The van der Waals surface area contributed by atoms with Gasteiger partial charge in [0.2, 0.25) is 0 Å². The summed E-state index contributed by atoms with van der Waals surface area (Å²) in [4.78, 5) is 11.7. The molecule has 20 heavy (non-hydrogen) atoms. The number of carbonyl (C=O) groups is 1. The first-order chi connectivity index (χ1) is 9.65. The van der Waals surface area contributed by atoms with Gasteiger partial charge in [-0.15, -0.1) is 0 Å². The highest BCUT2D eigenvalue weighted by Gasteiger charge is 2.24. The fraction of sp³-hybridized carbons (Fsp3) is 0.533. The Morgan fingerprint density at radius 1 is 1.25 bits per heavy atom. The van der Waals surface area contributed by atoms with Gasteiger partial charge in [-0.1, -0.05) is 25.0 Å². The Morgan fingerprint density at radius 3 is 2.65 bits per heavy atom. The van der Waals surface area contributed by atoms with Crippen LogP contribution < -0.4 is 10.6 Å². The lowest BCUT2D eigenvalue weighted by molar-refractivity contribution is 0.0943. The third kappa shape index (κ3) is 4.49. The van der Waals surface area contributed by atoms with E-state index in [1.807, 2.05) is 0 Å². The highest BCUT2D eigenvalue weighted by Crippen LogP contribution is 2.18. The van der Waals surface area contributed by atoms with E-state index in [-0.39, 0.29) is 17.9 Å². The number of nitrogens with one attached hydrogen (secondary N) is 2. The number of carbonyl (C=O) groups excluding carboxylic acids is 1. The van der Waals surface area contributed by atoms with E-state index in [0.29, 0.717) is 13.0 Å². The van der Waals surface area contributed by atoms with Gasteiger partial charge in [-0.2, -0.15) is 0 Å². The van der Waals surface area contributed by atoms with Crippen molar-refractivity contribution in [2.75, 3.05) is 6.54 Å². The minimum absolute atomic E-state index is 0.144. The monoisotopic (exact) mass is 280 g/mol. The molecule has 1 aliphatic carbocycles. The van der Waals surface area contributed by atoms with Gasteiger partial charge >= 0.3 is 6.03 Å². The Labute approximate surface area is 118 Å². The summed E-state index contributed by atoms with van der Waals surface area (Å²) in [6.07, 6.45) is 3.85. The molecule has 1 saturated carbocycles. The molecular weight excluding hydrogens is 259 g/mol. The Balaban J connectivity index is 1.68. The number of hydrogen-bond acceptors (Lipinski definition) is 2. The third-order valence-corrected chi connectivity index (χ3v) is 3.66. The van der Waals surface area contributed by atoms with E-state index in [4.69, 9.17) is 0 Å². The zero-order valence-corrected chi connectivity index (χ0v) is 11.4. The molecule has 0 aromatic heterocycles. The highest BCUT2D eigenvalue weighted by atomic mass is 19.1. The van der Waals surface area contributed by atoms with Crippen molar-refractivity contribution in [1.82, 2.24) is 10.6 Å². The quantitative estimate of drug-likeness (QED) is 0.789. The Hall–Kier alpha value is -1.62. The number of aliphatic hydroxyl groups is 1. The van der Waals surface area contributed by atoms with Crippen LogP contribution >= 0.6 is 0 Å². The normalized spacial score (nSPS) is 22.3. The van der Waals surface area contributed by atoms with Crippen LogP contribution in [0, 0.1) is 5.82 Å². The van der Waals surface area contributed by atoms with Gasteiger partial charge in [0.15, 0.2) is 0 Å². The molecule has 1 aromatic rings. The molecule has 5 heteroatoms. The summed E-state index contributed by atoms with van der Waals surface area (Å²) in [6.45, 7) is 0.486. The van der Waals surface area contributed by atoms with Gasteiger partial charge in [-0.3, -0.25) is 0 Å². The predicted octanol–water partition coefficient (Wildman–Crippen LogP) is 1.97. The molecule has 0 aliphatic heterocycles. The van der Waals surface area contributed by atoms with E-state index in [0.717, 1.165) is 31.2 Å². The number of aliphatic hydroxyl groups excluding tert-OH is 1. The van der Waals surface area contributed by atoms with E-state index >= 15 is 0 Å². The maximum absolute atomic E-state index is 12.7. The first-order valence-electron chi connectivity index (χ1n) is 7.12. The summed E-state index contributed by atoms with van der Waals surface area (Å²) in [6, 6.07) is 5.84. The van der Waals surface area contributed by atoms with Crippen molar-refractivity contribution in [3.63, 3.8) is 0 Å². The Bertz CT molecular complexity index is 436. The SMILES string of the molecule is O=C(NCCc1ccc(F)cc1)NC1CCCCC1O. The molecule has 3 N–H and O–H groups in total. The largest absolute Gasteiger partial charge is 0.391 e. The topological polar surface area (TPSA) is 61.4 Å². The fourth-order valence-corrected chi connectivity index (χ4v) is 2.47. The summed E-state index contributed by atoms with van der Waals surface area (Å²) in [7, 11) is 0. The smallest absolute Gasteiger partial charge is 0.315 e. The zero-order chi connectivity index (χ0) is 14.4. The van der Waals surface area contributed by atoms with Crippen LogP contribution in [-0.4, -0.2) is 29.8 Å². The van der Waals surface area contributed by atoms with E-state index in [1.54, 1.807) is 12.1 Å². The third-order valence-electron chi connectivity index (χ3n) is 3.66. The Morgan fingerprint density at radius 2 is 1.95 bits per heavy atom. The number of urea groups is 1. The average molecular weight is 280 g/mol. The van der Waals surface area contributed by atoms with E-state index in [9.17, 15) is 14.3 Å². The van der Waals surface area contributed by atoms with Crippen molar-refractivity contribution in [2.24, 2.45) is 0 Å². The lowest BCUT2D eigenvalue weighted by Gasteiger charge is -2.28. The molecule has 0 bridgehead atoms. The van der Waals surface area contributed by atoms with Crippen LogP contribution in [0.5, 0.6) is 0 Å². The standard InChI is InChI=1S/C15H21FN2O2/c16-12-7-5-11(6-8-12)9-10-17-15(20)18-13-3-1-2-4-14(13)19/h5-8,13-14,19H,1-4,9-10H2,(H2,17,18,20). The summed E-state index contributed by atoms with van der Waals surface area (Å²) in [5.41, 5.74) is 0.976. The van der Waals surface area contributed by atoms with Gasteiger partial charge in [0.05, 0.1) is 12.1 Å². The average Bonchev–Trinajstić information content (AvgIpc) is 2.44. The molecule has 1 aromatic carbocycles. The summed E-state index contributed by atoms with van der Waals surface area (Å²) >= 11 is 0. The second-order valence-corrected chi connectivity index (χ2v) is 5.24. The van der Waals surface area contributed by atoms with Crippen molar-refractivity contribution in [3.05, 3.63) is 35.6 Å². The van der Waals surface area contributed by atoms with Crippen molar-refractivity contribution >= 4 is 6.03 Å². The van der Waals surface area contributed by atoms with Gasteiger partial charge in [-0.25, -0.2) is 9.18 Å². The van der Waals surface area contributed by atoms with Gasteiger partial charge in [0.1, 0.15) is 5.82 Å². The van der Waals surface area contributed by atoms with Gasteiger partial charge in [0.25, 0.3) is 0 Å². The number of halogens is 1. The van der Waals surface area contributed by atoms with E-state index in [1.165, 1.54) is 12.1 Å². The number of hydrogen-bond donors (Lipinski definition) is 3. The van der Waals surface area contributed by atoms with E-state index in [2.05, 4.69) is 10.6 Å². The molecule has 110 valence electrons. The predicted molar refractivity (Wildman–Crippen MR) is 74.9 cm³/mol. The molecular formula is C15H21FN2O2. The summed E-state index contributed by atoms with van der Waals surface area (Å²) < 4.78 is 12.7. The van der Waals surface area contributed by atoms with Crippen molar-refractivity contribution in [2.45, 2.75) is 44.2 Å². The molecule has 2 amide bonds. The lowest BCUT2D eigenvalue weighted by Crippen LogP contribution is -2.49. The molecule has 1 fully saturated rings. The molecule has 1 aliphatic rings. The van der Waals surface area contributed by atoms with Crippen molar-refractivity contribution in [1.29, 1.82) is 0 Å². The van der Waals surface area contributed by atoms with Gasteiger partial charge < -0.3 is 15.7 Å². The highest BCUT2D eigenvalue weighted by molar-refractivity contribution is 5.74. The van der Waals surface area contributed by atoms with Crippen LogP contribution in [-0.2, 0) is 6.42 Å². The second-order valence-electron chi connectivity index (χ2n) is 5.24. The minimum atomic E-state index is -0.438. The molecule has 0 saturated heterocycles. The van der Waals surface area contributed by atoms with Crippen molar-refractivity contribution in [3.8, 4) is 0 Å². The van der Waals surface area contributed by atoms with E-state index < -0.39 is 6.10 Å². The van der Waals surface area contributed by atoms with Crippen LogP contribution in [0.3, 0.4) is 0 Å². The fourth-order valence-electron chi connectivity index (χ4n) is 2.47. The first-order valence-corrected chi connectivity index (χ1v) is 7.12. The molecule has 0 heterocycles. The second kappa shape index (κ2) is 7.24. The van der Waals surface area contributed by atoms with Crippen LogP contribution in [0.4, 0.5) is 9.18 Å². The zero-order valence-electron chi connectivity index (χ0n) is 11.4. The van der Waals surface area contributed by atoms with Crippen LogP contribution in [0.2, 0.25) is 0 Å². The summed E-state index contributed by atoms with van der Waals surface area (Å²) in [5, 5.41) is 15.3. The number of amides is 2. The maximum Gasteiger partial charge on any atom is 0.315 e. The number of rotatable bonds is 4. The van der Waals surface area contributed by atoms with Gasteiger partial charge in [-0.05, 0) is 37.0 Å². The molecule has 2 rings (SSSR count). The molecule has 4 nitrogen and oxygen atoms in total. The van der Waals surface area contributed by atoms with Gasteiger partial charge in [0, 0.05) is 6.54 Å². The van der Waals surface area contributed by atoms with Crippen molar-refractivity contribution < 1.29 is 14.3 Å². The Kier molecular flexibility index (Phi) is 5.35. The lowest BCUT2D eigenvalue weighted by atomic mass is 9.93. The maximum atomic E-state index is 12.7. The first kappa shape index (κ1) is 14.8. The number of benzene rings is 1. The molecule has 0 radical (unpaired) electrons. The van der Waals surface area contributed by atoms with Crippen LogP contribution in [0.15, 0.2) is 24.3 Å².